The molecule has 31 heavy (non-hydrogen) atoms. The Balaban J connectivity index is 1.50. The standard InChI is InChI=1S/C23H28O8/c1-2-14-3-5-15(6-4-14)11-19(25)29-13-16-7-9-17(10-8-16)30-23-22(28)21(27)20(26)18(12-24)31-23/h3-10,18,20-24,26-28H,2,11-13H2,1H3/t18?,20-,21?,22+,23+/m0/s1. The molecule has 2 unspecified atom stereocenters. The molecule has 0 radical (unpaired) electrons. The number of carbonyl (C=O) groups excluding carboxylic acids is 1. The van der Waals surface area contributed by atoms with Crippen LogP contribution in [0.2, 0.25) is 0 Å². The van der Waals surface area contributed by atoms with Gasteiger partial charge in [0.25, 0.3) is 0 Å². The minimum atomic E-state index is -1.51. The van der Waals surface area contributed by atoms with Crippen LogP contribution in [0.4, 0.5) is 0 Å². The van der Waals surface area contributed by atoms with Crippen LogP contribution in [0.3, 0.4) is 0 Å². The van der Waals surface area contributed by atoms with Crippen LogP contribution in [-0.4, -0.2) is 63.7 Å². The third kappa shape index (κ3) is 6.03. The maximum Gasteiger partial charge on any atom is 0.310 e. The number of esters is 1. The lowest BCUT2D eigenvalue weighted by Gasteiger charge is -2.39. The van der Waals surface area contributed by atoms with Gasteiger partial charge in [0.05, 0.1) is 13.0 Å². The van der Waals surface area contributed by atoms with Crippen LogP contribution in [-0.2, 0) is 33.7 Å². The molecule has 3 rings (SSSR count). The molecule has 1 saturated heterocycles. The molecule has 8 nitrogen and oxygen atoms in total. The molecular weight excluding hydrogens is 404 g/mol. The molecule has 8 heteroatoms. The van der Waals surface area contributed by atoms with E-state index in [1.807, 2.05) is 24.3 Å². The average molecular weight is 432 g/mol. The van der Waals surface area contributed by atoms with Gasteiger partial charge in [-0.2, -0.15) is 0 Å². The maximum absolute atomic E-state index is 12.1. The quantitative estimate of drug-likeness (QED) is 0.450. The summed E-state index contributed by atoms with van der Waals surface area (Å²) in [5.74, 6) is 0.0151. The van der Waals surface area contributed by atoms with E-state index in [9.17, 15) is 25.2 Å². The first-order valence-corrected chi connectivity index (χ1v) is 10.2. The Labute approximate surface area is 180 Å². The molecule has 168 valence electrons. The molecule has 0 aliphatic carbocycles. The highest BCUT2D eigenvalue weighted by atomic mass is 16.7. The minimum Gasteiger partial charge on any atom is -0.462 e. The third-order valence-electron chi connectivity index (χ3n) is 5.20. The number of aliphatic hydroxyl groups is 4. The van der Waals surface area contributed by atoms with E-state index in [1.165, 1.54) is 5.56 Å². The summed E-state index contributed by atoms with van der Waals surface area (Å²) in [6.07, 6.45) is -5.58. The lowest BCUT2D eigenvalue weighted by atomic mass is 9.99. The van der Waals surface area contributed by atoms with Crippen molar-refractivity contribution in [1.82, 2.24) is 0 Å². The number of rotatable bonds is 8. The van der Waals surface area contributed by atoms with Gasteiger partial charge in [-0.3, -0.25) is 4.79 Å². The molecule has 1 aliphatic rings. The molecule has 0 amide bonds. The Morgan fingerprint density at radius 3 is 2.13 bits per heavy atom. The van der Waals surface area contributed by atoms with Crippen molar-refractivity contribution in [3.8, 4) is 5.75 Å². The topological polar surface area (TPSA) is 126 Å². The molecule has 1 heterocycles. The lowest BCUT2D eigenvalue weighted by Crippen LogP contribution is -2.60. The summed E-state index contributed by atoms with van der Waals surface area (Å²) >= 11 is 0. The summed E-state index contributed by atoms with van der Waals surface area (Å²) in [6.45, 7) is 1.65. The number of hydrogen-bond donors (Lipinski definition) is 4. The zero-order chi connectivity index (χ0) is 22.4. The van der Waals surface area contributed by atoms with Gasteiger partial charge in [0.15, 0.2) is 0 Å². The van der Waals surface area contributed by atoms with Crippen LogP contribution in [0.1, 0.15) is 23.6 Å². The molecule has 1 fully saturated rings. The Kier molecular flexibility index (Phi) is 8.00. The number of aliphatic hydroxyl groups excluding tert-OH is 4. The van der Waals surface area contributed by atoms with Crippen molar-refractivity contribution in [2.24, 2.45) is 0 Å². The van der Waals surface area contributed by atoms with Crippen molar-refractivity contribution in [1.29, 1.82) is 0 Å². The average Bonchev–Trinajstić information content (AvgIpc) is 2.79. The first kappa shape index (κ1) is 23.2. The zero-order valence-corrected chi connectivity index (χ0v) is 17.3. The normalized spacial score (nSPS) is 25.8. The fraction of sp³-hybridized carbons (Fsp3) is 0.435. The Hall–Kier alpha value is -2.49. The van der Waals surface area contributed by atoms with E-state index in [-0.39, 0.29) is 19.0 Å². The number of carbonyl (C=O) groups is 1. The van der Waals surface area contributed by atoms with Crippen molar-refractivity contribution in [3.63, 3.8) is 0 Å². The first-order valence-electron chi connectivity index (χ1n) is 10.2. The van der Waals surface area contributed by atoms with Crippen molar-refractivity contribution in [2.75, 3.05) is 6.61 Å². The SMILES string of the molecule is CCc1ccc(CC(=O)OCc2ccc(O[C@@H]3OC(CO)[C@H](O)C(O)[C@H]3O)cc2)cc1. The minimum absolute atomic E-state index is 0.103. The number of benzene rings is 2. The van der Waals surface area contributed by atoms with Gasteiger partial charge in [-0.15, -0.1) is 0 Å². The van der Waals surface area contributed by atoms with E-state index in [0.29, 0.717) is 5.75 Å². The monoisotopic (exact) mass is 432 g/mol. The van der Waals surface area contributed by atoms with Crippen molar-refractivity contribution >= 4 is 5.97 Å². The fourth-order valence-electron chi connectivity index (χ4n) is 3.24. The molecule has 0 bridgehead atoms. The van der Waals surface area contributed by atoms with Crippen LogP contribution >= 0.6 is 0 Å². The maximum atomic E-state index is 12.1. The highest BCUT2D eigenvalue weighted by Crippen LogP contribution is 2.24. The third-order valence-corrected chi connectivity index (χ3v) is 5.20. The second-order valence-electron chi connectivity index (χ2n) is 7.47. The van der Waals surface area contributed by atoms with E-state index in [0.717, 1.165) is 17.5 Å². The number of aryl methyl sites for hydroxylation is 1. The zero-order valence-electron chi connectivity index (χ0n) is 17.3. The summed E-state index contributed by atoms with van der Waals surface area (Å²) in [7, 11) is 0. The van der Waals surface area contributed by atoms with Crippen LogP contribution in [0.25, 0.3) is 0 Å². The van der Waals surface area contributed by atoms with Gasteiger partial charge in [-0.1, -0.05) is 43.3 Å². The molecular formula is C23H28O8. The van der Waals surface area contributed by atoms with Gasteiger partial charge in [0, 0.05) is 0 Å². The highest BCUT2D eigenvalue weighted by Gasteiger charge is 2.44. The number of ether oxygens (including phenoxy) is 3. The number of hydrogen-bond acceptors (Lipinski definition) is 8. The van der Waals surface area contributed by atoms with E-state index >= 15 is 0 Å². The predicted octanol–water partition coefficient (Wildman–Crippen LogP) is 0.714. The molecule has 0 spiro atoms. The molecule has 2 aromatic rings. The molecule has 0 aromatic heterocycles. The van der Waals surface area contributed by atoms with Crippen molar-refractivity contribution in [3.05, 3.63) is 65.2 Å². The van der Waals surface area contributed by atoms with E-state index in [2.05, 4.69) is 6.92 Å². The predicted molar refractivity (Wildman–Crippen MR) is 110 cm³/mol. The molecule has 2 aromatic carbocycles. The Bertz CT molecular complexity index is 834. The molecule has 5 atom stereocenters. The van der Waals surface area contributed by atoms with E-state index in [1.54, 1.807) is 24.3 Å². The van der Waals surface area contributed by atoms with Crippen LogP contribution in [0.5, 0.6) is 5.75 Å². The van der Waals surface area contributed by atoms with Crippen LogP contribution in [0, 0.1) is 0 Å². The largest absolute Gasteiger partial charge is 0.462 e. The molecule has 0 saturated carbocycles. The second-order valence-corrected chi connectivity index (χ2v) is 7.47. The Morgan fingerprint density at radius 1 is 0.903 bits per heavy atom. The summed E-state index contributed by atoms with van der Waals surface area (Å²) in [4.78, 5) is 12.1. The second kappa shape index (κ2) is 10.7. The smallest absolute Gasteiger partial charge is 0.310 e. The molecule has 1 aliphatic heterocycles. The van der Waals surface area contributed by atoms with Crippen molar-refractivity contribution in [2.45, 2.75) is 57.1 Å². The highest BCUT2D eigenvalue weighted by molar-refractivity contribution is 5.72. The van der Waals surface area contributed by atoms with Crippen LogP contribution in [0.15, 0.2) is 48.5 Å². The van der Waals surface area contributed by atoms with Gasteiger partial charge in [0.1, 0.15) is 36.8 Å². The van der Waals surface area contributed by atoms with E-state index in [4.69, 9.17) is 14.2 Å². The summed E-state index contributed by atoms with van der Waals surface area (Å²) in [5, 5.41) is 38.9. The lowest BCUT2D eigenvalue weighted by molar-refractivity contribution is -0.277. The van der Waals surface area contributed by atoms with Gasteiger partial charge in [-0.25, -0.2) is 0 Å². The summed E-state index contributed by atoms with van der Waals surface area (Å²) in [6, 6.07) is 14.4. The van der Waals surface area contributed by atoms with Gasteiger partial charge in [0.2, 0.25) is 6.29 Å². The first-order chi connectivity index (χ1) is 14.9. The van der Waals surface area contributed by atoms with E-state index < -0.39 is 37.3 Å². The van der Waals surface area contributed by atoms with Crippen molar-refractivity contribution < 1.29 is 39.4 Å². The van der Waals surface area contributed by atoms with Crippen LogP contribution < -0.4 is 4.74 Å². The summed E-state index contributed by atoms with van der Waals surface area (Å²) in [5.41, 5.74) is 2.85. The van der Waals surface area contributed by atoms with Gasteiger partial charge < -0.3 is 34.6 Å². The molecule has 4 N–H and O–H groups in total. The Morgan fingerprint density at radius 2 is 1.52 bits per heavy atom. The van der Waals surface area contributed by atoms with Gasteiger partial charge in [-0.05, 0) is 35.2 Å². The fourth-order valence-corrected chi connectivity index (χ4v) is 3.24. The van der Waals surface area contributed by atoms with Gasteiger partial charge >= 0.3 is 5.97 Å². The summed E-state index contributed by atoms with van der Waals surface area (Å²) < 4.78 is 16.2.